The van der Waals surface area contributed by atoms with Crippen LogP contribution in [0.1, 0.15) is 150 Å². The first-order chi connectivity index (χ1) is 52.0. The molecule has 0 radical (unpaired) electrons. The van der Waals surface area contributed by atoms with Crippen LogP contribution in [0.25, 0.3) is 0 Å². The lowest BCUT2D eigenvalue weighted by molar-refractivity contribution is -0.117. The van der Waals surface area contributed by atoms with Crippen molar-refractivity contribution < 1.29 is 33.8 Å². The van der Waals surface area contributed by atoms with E-state index in [9.17, 15) is 19.5 Å². The van der Waals surface area contributed by atoms with Gasteiger partial charge in [0.25, 0.3) is 0 Å². The Morgan fingerprint density at radius 1 is 0.667 bits per heavy atom. The van der Waals surface area contributed by atoms with Crippen molar-refractivity contribution in [2.75, 3.05) is 87.1 Å². The van der Waals surface area contributed by atoms with Crippen LogP contribution >= 0.6 is 46.6 Å². The van der Waals surface area contributed by atoms with E-state index in [0.29, 0.717) is 95.8 Å². The molecule has 6 aliphatic rings. The van der Waals surface area contributed by atoms with Gasteiger partial charge in [-0.25, -0.2) is 39.9 Å². The summed E-state index contributed by atoms with van der Waals surface area (Å²) in [5, 5.41) is 40.0. The van der Waals surface area contributed by atoms with E-state index in [4.69, 9.17) is 36.4 Å². The number of nitrogens with one attached hydrogen (secondary N) is 7. The van der Waals surface area contributed by atoms with Crippen molar-refractivity contribution in [3.8, 4) is 0 Å². The number of amidine groups is 1. The lowest BCUT2D eigenvalue weighted by Gasteiger charge is -2.41. The van der Waals surface area contributed by atoms with Crippen molar-refractivity contribution in [3.05, 3.63) is 126 Å². The van der Waals surface area contributed by atoms with Gasteiger partial charge in [-0.2, -0.15) is 5.10 Å². The number of anilines is 10. The van der Waals surface area contributed by atoms with Crippen molar-refractivity contribution in [2.24, 2.45) is 34.2 Å². The number of rotatable bonds is 23. The predicted molar refractivity (Wildman–Crippen MR) is 457 cm³/mol. The lowest BCUT2D eigenvalue weighted by atomic mass is 9.81. The molecule has 5 aromatic heterocycles. The van der Waals surface area contributed by atoms with Gasteiger partial charge in [0.1, 0.15) is 34.9 Å². The average molecular weight is 1560 g/mol. The van der Waals surface area contributed by atoms with Crippen LogP contribution in [-0.4, -0.2) is 154 Å². The molecule has 26 nitrogen and oxygen atoms in total. The smallest absolute Gasteiger partial charge is 0.227 e. The first-order valence-electron chi connectivity index (χ1n) is 37.7. The zero-order valence-electron chi connectivity index (χ0n) is 63.1. The maximum Gasteiger partial charge on any atom is 0.227 e. The monoisotopic (exact) mass is 1560 g/mol. The third kappa shape index (κ3) is 22.0. The van der Waals surface area contributed by atoms with Crippen molar-refractivity contribution in [1.29, 1.82) is 0 Å². The number of nitrogens with zero attached hydrogens (tertiary/aromatic N) is 13. The number of aliphatic imine (C=N–C) groups is 1. The van der Waals surface area contributed by atoms with Crippen LogP contribution in [0.4, 0.5) is 62.9 Å². The molecule has 5 saturated heterocycles. The summed E-state index contributed by atoms with van der Waals surface area (Å²) >= 11 is 6.05. The number of aromatic nitrogens is 9. The van der Waals surface area contributed by atoms with Gasteiger partial charge in [-0.05, 0) is 231 Å². The third-order valence-corrected chi connectivity index (χ3v) is 23.7. The highest BCUT2D eigenvalue weighted by Gasteiger charge is 2.39. The van der Waals surface area contributed by atoms with Crippen molar-refractivity contribution in [3.63, 3.8) is 0 Å². The number of H-pyrrole nitrogens is 1. The Morgan fingerprint density at radius 3 is 1.69 bits per heavy atom. The molecular weight excluding hydrogens is 1440 g/mol. The number of nitrogens with two attached hydrogens (primary N) is 2. The summed E-state index contributed by atoms with van der Waals surface area (Å²) in [6.07, 6.45) is 15.1. The van der Waals surface area contributed by atoms with E-state index in [2.05, 4.69) is 104 Å². The first-order valence-corrected chi connectivity index (χ1v) is 41.0. The number of thiazole rings is 1. The summed E-state index contributed by atoms with van der Waals surface area (Å²) in [6.45, 7) is 24.7. The fourth-order valence-corrected chi connectivity index (χ4v) is 17.0. The fraction of sp³-hybridized carbons (Fsp3) is 0.462. The molecule has 108 heavy (non-hydrogen) atoms. The van der Waals surface area contributed by atoms with E-state index < -0.39 is 5.60 Å². The number of aromatic amines is 1. The van der Waals surface area contributed by atoms with Crippen LogP contribution in [0.2, 0.25) is 0 Å². The molecular formula is C78H122N22O4S4. The highest BCUT2D eigenvalue weighted by molar-refractivity contribution is 7.99. The summed E-state index contributed by atoms with van der Waals surface area (Å²) in [7, 11) is 0. The topological polar surface area (TPSA) is 340 Å². The number of carbonyl (C=O) groups is 3. The predicted octanol–water partition coefficient (Wildman–Crippen LogP) is 16.5. The Morgan fingerprint density at radius 2 is 1.19 bits per heavy atom. The molecule has 0 spiro atoms. The van der Waals surface area contributed by atoms with Crippen molar-refractivity contribution in [2.45, 2.75) is 199 Å². The first kappa shape index (κ1) is 78.7. The van der Waals surface area contributed by atoms with E-state index in [-0.39, 0.29) is 49.7 Å². The third-order valence-electron chi connectivity index (χ3n) is 20.3. The molecule has 30 heteroatoms. The van der Waals surface area contributed by atoms with Gasteiger partial charge in [-0.3, -0.25) is 24.4 Å². The number of aliphatic hydroxyl groups is 1. The SMILES string of the molecule is CCC(=O)Nc1ccc(Sc2nc(N=C(N)C=C(C)N)cc(N3CCC(O)(C(C)C)CC3)n2)cc1.CCC(=O)Nc1ccc(Sc2nc(Nc3cc(C)[nH]n3)cc(N3CCC(N4[C@H](C)CC[C@H]4C)CC3)n2)cc1.Cc1cnc(Nc2cc(N3CC4CCCNC4C3)nc(Sc3ccc(NC(=O)C4CC4)cc3)n2)s1.[HH].[HH].[HH].[HH].[HH].[HH].[HH].[HH].[HH].[HH]. The molecule has 6 fully saturated rings. The normalized spacial score (nSPS) is 19.6. The van der Waals surface area contributed by atoms with Crippen LogP contribution in [0, 0.1) is 31.6 Å². The summed E-state index contributed by atoms with van der Waals surface area (Å²) in [4.78, 5) is 86.8. The van der Waals surface area contributed by atoms with Gasteiger partial charge in [0.15, 0.2) is 32.2 Å². The number of aryl methyl sites for hydroxylation is 2. The minimum atomic E-state index is -0.662. The van der Waals surface area contributed by atoms with Gasteiger partial charge in [0, 0.05) is 175 Å². The van der Waals surface area contributed by atoms with Gasteiger partial charge < -0.3 is 63.2 Å². The molecule has 4 atom stereocenters. The van der Waals surface area contributed by atoms with Crippen LogP contribution in [0.5, 0.6) is 0 Å². The summed E-state index contributed by atoms with van der Waals surface area (Å²) in [5.74, 6) is 6.66. The summed E-state index contributed by atoms with van der Waals surface area (Å²) in [5.41, 5.74) is 15.0. The number of hydrogen-bond donors (Lipinski definition) is 10. The largest absolute Gasteiger partial charge is 0.402 e. The number of likely N-dealkylation sites (tertiary alicyclic amines) is 1. The van der Waals surface area contributed by atoms with Gasteiger partial charge >= 0.3 is 0 Å². The van der Waals surface area contributed by atoms with Gasteiger partial charge in [-0.15, -0.1) is 11.3 Å². The fourth-order valence-electron chi connectivity index (χ4n) is 14.1. The second-order valence-corrected chi connectivity index (χ2v) is 33.4. The zero-order valence-corrected chi connectivity index (χ0v) is 66.4. The second-order valence-electron chi connectivity index (χ2n) is 29.0. The highest BCUT2D eigenvalue weighted by Crippen LogP contribution is 2.39. The summed E-state index contributed by atoms with van der Waals surface area (Å²) < 4.78 is 0. The van der Waals surface area contributed by atoms with Gasteiger partial charge in [-0.1, -0.05) is 27.7 Å². The molecule has 3 aromatic carbocycles. The van der Waals surface area contributed by atoms with Crippen LogP contribution in [0.3, 0.4) is 0 Å². The van der Waals surface area contributed by atoms with E-state index in [1.54, 1.807) is 30.4 Å². The molecule has 10 heterocycles. The van der Waals surface area contributed by atoms with Crippen molar-refractivity contribution >= 4 is 133 Å². The Bertz CT molecular complexity index is 4450. The maximum atomic E-state index is 12.0. The van der Waals surface area contributed by atoms with Gasteiger partial charge in [0.2, 0.25) is 17.7 Å². The number of benzene rings is 3. The van der Waals surface area contributed by atoms with Crippen LogP contribution in [-0.2, 0) is 14.4 Å². The second kappa shape index (κ2) is 36.5. The Labute approximate surface area is 664 Å². The quantitative estimate of drug-likeness (QED) is 0.0162. The van der Waals surface area contributed by atoms with E-state index in [0.717, 1.165) is 141 Å². The maximum absolute atomic E-state index is 12.0. The molecule has 1 saturated carbocycles. The standard InChI is InChI=1S/C28H38N8OS.C25H35N7O2S.C25H29N7OS2.10H2/c1-5-27(37)29-21-8-10-23(11-9-21)38-28-31-24(30-25-16-18(2)33-34-25)17-26(32-28)35-14-12-22(13-15-35)36-19(3)6-7-20(36)4;1-5-23(33)28-18-6-8-19(9-7-18)35-24-30-21(29-20(27)14-17(4)26)15-22(31-24)32-12-10-25(34,11-13-32)16(2)3;1-15-12-27-24(34-15)29-21-11-22(32-13-17-3-2-10-26-20(17)14-32)31-25(30-21)35-19-8-6-18(7-9-19)28-23(33)16-4-5-16;;;;;;;;;;/h8-11,16-17,19-20,22H,5-7,12-15H2,1-4H3,(H,29,37)(H2,30,31,32,33,34);6-9,14-16,34H,5,10-13,26H2,1-4H3,(H,28,33)(H2,27,29,30,31);6-9,11-12,16-17,20,26H,2-5,10,13-14H2,1H3,(H,28,33)(H,27,29,30,31);10*1H/t19-,20-;;;;;;;;;;;;/m1............/s1. The van der Waals surface area contributed by atoms with Gasteiger partial charge in [0.05, 0.1) is 5.60 Å². The Hall–Kier alpha value is -8.91. The molecule has 1 aliphatic carbocycles. The summed E-state index contributed by atoms with van der Waals surface area (Å²) in [6, 6.07) is 33.6. The zero-order chi connectivity index (χ0) is 76.0. The molecule has 5 aliphatic heterocycles. The van der Waals surface area contributed by atoms with E-state index in [1.165, 1.54) is 61.0 Å². The molecule has 14 rings (SSSR count). The lowest BCUT2D eigenvalue weighted by Crippen LogP contribution is -2.48. The number of fused-ring (bicyclic) bond motifs is 1. The van der Waals surface area contributed by atoms with E-state index >= 15 is 0 Å². The minimum Gasteiger partial charge on any atom is -0.402 e. The molecule has 2 unspecified atom stereocenters. The Kier molecular flexibility index (Phi) is 26.6. The van der Waals surface area contributed by atoms with Crippen molar-refractivity contribution in [1.82, 2.24) is 55.3 Å². The number of hydrogen-bond acceptors (Lipinski definition) is 25. The highest BCUT2D eigenvalue weighted by atomic mass is 32.2. The molecule has 12 N–H and O–H groups in total. The molecule has 8 aromatic rings. The number of piperidine rings is 3. The number of amides is 3. The molecule has 3 amide bonds. The van der Waals surface area contributed by atoms with Crippen LogP contribution in [0.15, 0.2) is 150 Å². The Balaban J connectivity index is 0.000000576. The van der Waals surface area contributed by atoms with Crippen LogP contribution < -0.4 is 58.1 Å². The minimum absolute atomic E-state index is 0. The number of carbonyl (C=O) groups excluding carboxylic acids is 3. The molecule has 592 valence electrons. The average Bonchev–Trinajstić information content (AvgIpc) is 1.60. The number of allylic oxidation sites excluding steroid dienone is 1. The molecule has 0 bridgehead atoms. The van der Waals surface area contributed by atoms with E-state index in [1.807, 2.05) is 125 Å².